The summed E-state index contributed by atoms with van der Waals surface area (Å²) in [5.74, 6) is 1.31. The molecule has 5 nitrogen and oxygen atoms in total. The van der Waals surface area contributed by atoms with Gasteiger partial charge in [0.05, 0.1) is 22.7 Å². The number of aromatic nitrogens is 4. The first kappa shape index (κ1) is 27.1. The van der Waals surface area contributed by atoms with Gasteiger partial charge in [-0.15, -0.1) is 0 Å². The van der Waals surface area contributed by atoms with Crippen LogP contribution in [0.2, 0.25) is 0 Å². The molecule has 2 heterocycles. The van der Waals surface area contributed by atoms with Crippen LogP contribution in [0.25, 0.3) is 72.8 Å². The molecule has 8 aromatic rings. The maximum Gasteiger partial charge on any atom is 0.164 e. The van der Waals surface area contributed by atoms with E-state index in [4.69, 9.17) is 15.0 Å². The second kappa shape index (κ2) is 11.2. The summed E-state index contributed by atoms with van der Waals surface area (Å²) in [5.41, 5.74) is 7.73. The van der Waals surface area contributed by atoms with E-state index in [-0.39, 0.29) is 5.82 Å². The van der Waals surface area contributed by atoms with Gasteiger partial charge in [-0.1, -0.05) is 97.1 Å². The van der Waals surface area contributed by atoms with Crippen molar-refractivity contribution in [3.05, 3.63) is 157 Å². The standard InChI is InChI=1S/C40H24FN5/c41-30-18-16-27(17-19-30)32-21-20-31(46-36-14-8-7-13-33(36)34-23-26(25-42)15-22-37(34)46)24-35(32)40-44-38(28-9-3-1-4-10-28)43-39(45-40)29-11-5-2-6-12-29/h1-24H. The van der Waals surface area contributed by atoms with E-state index in [0.717, 1.165) is 55.3 Å². The molecule has 0 atom stereocenters. The molecule has 0 aliphatic carbocycles. The second-order valence-corrected chi connectivity index (χ2v) is 11.0. The highest BCUT2D eigenvalue weighted by Gasteiger charge is 2.19. The first-order chi connectivity index (χ1) is 22.7. The number of hydrogen-bond acceptors (Lipinski definition) is 4. The monoisotopic (exact) mass is 593 g/mol. The van der Waals surface area contributed by atoms with Crippen molar-refractivity contribution in [2.45, 2.75) is 0 Å². The lowest BCUT2D eigenvalue weighted by Gasteiger charge is -2.15. The predicted octanol–water partition coefficient (Wildman–Crippen LogP) is 9.65. The third-order valence-corrected chi connectivity index (χ3v) is 8.16. The van der Waals surface area contributed by atoms with Crippen molar-refractivity contribution in [2.75, 3.05) is 0 Å². The normalized spacial score (nSPS) is 11.1. The molecule has 0 amide bonds. The molecule has 216 valence electrons. The molecule has 0 aliphatic heterocycles. The Morgan fingerprint density at radius 2 is 1.11 bits per heavy atom. The van der Waals surface area contributed by atoms with Gasteiger partial charge in [-0.05, 0) is 59.7 Å². The molecule has 0 bridgehead atoms. The quantitative estimate of drug-likeness (QED) is 0.199. The zero-order valence-electron chi connectivity index (χ0n) is 24.5. The van der Waals surface area contributed by atoms with E-state index >= 15 is 0 Å². The number of benzene rings is 6. The first-order valence-electron chi connectivity index (χ1n) is 14.9. The third-order valence-electron chi connectivity index (χ3n) is 8.16. The summed E-state index contributed by atoms with van der Waals surface area (Å²) in [4.78, 5) is 14.9. The van der Waals surface area contributed by atoms with E-state index in [2.05, 4.69) is 34.9 Å². The predicted molar refractivity (Wildman–Crippen MR) is 181 cm³/mol. The number of hydrogen-bond donors (Lipinski definition) is 0. The topological polar surface area (TPSA) is 67.4 Å². The number of fused-ring (bicyclic) bond motifs is 3. The van der Waals surface area contributed by atoms with E-state index in [1.54, 1.807) is 12.1 Å². The van der Waals surface area contributed by atoms with Gasteiger partial charge in [0.2, 0.25) is 0 Å². The van der Waals surface area contributed by atoms with Crippen LogP contribution >= 0.6 is 0 Å². The summed E-state index contributed by atoms with van der Waals surface area (Å²) in [6.45, 7) is 0. The molecule has 0 spiro atoms. The van der Waals surface area contributed by atoms with Crippen LogP contribution in [0, 0.1) is 17.1 Å². The van der Waals surface area contributed by atoms with Gasteiger partial charge in [0, 0.05) is 33.2 Å². The average molecular weight is 594 g/mol. The molecule has 6 aromatic carbocycles. The number of nitriles is 1. The highest BCUT2D eigenvalue weighted by Crippen LogP contribution is 2.38. The molecular weight excluding hydrogens is 569 g/mol. The Morgan fingerprint density at radius 3 is 1.78 bits per heavy atom. The Balaban J connectivity index is 1.42. The van der Waals surface area contributed by atoms with Gasteiger partial charge in [0.25, 0.3) is 0 Å². The van der Waals surface area contributed by atoms with Crippen LogP contribution in [0.15, 0.2) is 146 Å². The number of para-hydroxylation sites is 1. The lowest BCUT2D eigenvalue weighted by molar-refractivity contribution is 0.628. The highest BCUT2D eigenvalue weighted by atomic mass is 19.1. The van der Waals surface area contributed by atoms with Crippen molar-refractivity contribution in [1.82, 2.24) is 19.5 Å². The Bertz CT molecular complexity index is 2370. The molecule has 0 radical (unpaired) electrons. The molecule has 0 N–H and O–H groups in total. The number of rotatable bonds is 5. The molecular formula is C40H24FN5. The lowest BCUT2D eigenvalue weighted by atomic mass is 9.98. The molecule has 8 rings (SSSR count). The first-order valence-corrected chi connectivity index (χ1v) is 14.9. The minimum atomic E-state index is -0.304. The summed E-state index contributed by atoms with van der Waals surface area (Å²) in [7, 11) is 0. The number of nitrogens with zero attached hydrogens (tertiary/aromatic N) is 5. The van der Waals surface area contributed by atoms with Crippen LogP contribution < -0.4 is 0 Å². The van der Waals surface area contributed by atoms with Gasteiger partial charge >= 0.3 is 0 Å². The lowest BCUT2D eigenvalue weighted by Crippen LogP contribution is -2.02. The van der Waals surface area contributed by atoms with Crippen LogP contribution in [-0.2, 0) is 0 Å². The number of halogens is 1. The van der Waals surface area contributed by atoms with Crippen molar-refractivity contribution in [3.63, 3.8) is 0 Å². The van der Waals surface area contributed by atoms with E-state index in [1.165, 1.54) is 12.1 Å². The Morgan fingerprint density at radius 1 is 0.500 bits per heavy atom. The molecule has 2 aromatic heterocycles. The van der Waals surface area contributed by atoms with Crippen LogP contribution in [0.4, 0.5) is 4.39 Å². The fourth-order valence-electron chi connectivity index (χ4n) is 5.99. The average Bonchev–Trinajstić information content (AvgIpc) is 3.46. The minimum Gasteiger partial charge on any atom is -0.309 e. The van der Waals surface area contributed by atoms with E-state index in [9.17, 15) is 9.65 Å². The maximum absolute atomic E-state index is 14.1. The fourth-order valence-corrected chi connectivity index (χ4v) is 5.99. The largest absolute Gasteiger partial charge is 0.309 e. The van der Waals surface area contributed by atoms with Gasteiger partial charge < -0.3 is 4.57 Å². The van der Waals surface area contributed by atoms with Crippen molar-refractivity contribution < 1.29 is 4.39 Å². The van der Waals surface area contributed by atoms with Crippen molar-refractivity contribution >= 4 is 21.8 Å². The van der Waals surface area contributed by atoms with E-state index in [1.807, 2.05) is 97.1 Å². The van der Waals surface area contributed by atoms with Crippen LogP contribution in [-0.4, -0.2) is 19.5 Å². The van der Waals surface area contributed by atoms with Gasteiger partial charge in [-0.3, -0.25) is 0 Å². The zero-order chi connectivity index (χ0) is 31.0. The van der Waals surface area contributed by atoms with Gasteiger partial charge in [0.15, 0.2) is 17.5 Å². The van der Waals surface area contributed by atoms with Gasteiger partial charge in [-0.2, -0.15) is 5.26 Å². The van der Waals surface area contributed by atoms with E-state index < -0.39 is 0 Å². The van der Waals surface area contributed by atoms with Crippen LogP contribution in [0.1, 0.15) is 5.56 Å². The Hall–Kier alpha value is -6.45. The molecule has 0 aliphatic rings. The summed E-state index contributed by atoms with van der Waals surface area (Å²) in [6, 6.07) is 48.6. The molecule has 0 fully saturated rings. The SMILES string of the molecule is N#Cc1ccc2c(c1)c1ccccc1n2-c1ccc(-c2ccc(F)cc2)c(-c2nc(-c3ccccc3)nc(-c3ccccc3)n2)c1. The molecule has 46 heavy (non-hydrogen) atoms. The van der Waals surface area contributed by atoms with Gasteiger partial charge in [0.1, 0.15) is 5.82 Å². The van der Waals surface area contributed by atoms with E-state index in [0.29, 0.717) is 23.0 Å². The second-order valence-electron chi connectivity index (χ2n) is 11.0. The minimum absolute atomic E-state index is 0.304. The Kier molecular flexibility index (Phi) is 6.63. The summed E-state index contributed by atoms with van der Waals surface area (Å²) in [5, 5.41) is 11.7. The van der Waals surface area contributed by atoms with Crippen LogP contribution in [0.5, 0.6) is 0 Å². The fraction of sp³-hybridized carbons (Fsp3) is 0. The summed E-state index contributed by atoms with van der Waals surface area (Å²) in [6.07, 6.45) is 0. The van der Waals surface area contributed by atoms with Gasteiger partial charge in [-0.25, -0.2) is 19.3 Å². The molecule has 0 saturated heterocycles. The zero-order valence-corrected chi connectivity index (χ0v) is 24.5. The van der Waals surface area contributed by atoms with Crippen LogP contribution in [0.3, 0.4) is 0 Å². The third kappa shape index (κ3) is 4.77. The highest BCUT2D eigenvalue weighted by molar-refractivity contribution is 6.09. The van der Waals surface area contributed by atoms with Crippen molar-refractivity contribution in [2.24, 2.45) is 0 Å². The molecule has 6 heteroatoms. The van der Waals surface area contributed by atoms with Crippen molar-refractivity contribution in [1.29, 1.82) is 5.26 Å². The molecule has 0 saturated carbocycles. The summed E-state index contributed by atoms with van der Waals surface area (Å²) < 4.78 is 16.2. The molecule has 0 unspecified atom stereocenters. The summed E-state index contributed by atoms with van der Waals surface area (Å²) >= 11 is 0. The maximum atomic E-state index is 14.1. The Labute approximate surface area is 264 Å². The van der Waals surface area contributed by atoms with Crippen molar-refractivity contribution in [3.8, 4) is 57.0 Å². The smallest absolute Gasteiger partial charge is 0.164 e.